The van der Waals surface area contributed by atoms with Crippen LogP contribution in [0.4, 0.5) is 11.5 Å². The molecule has 148 valence electrons. The van der Waals surface area contributed by atoms with Gasteiger partial charge in [-0.05, 0) is 56.2 Å². The van der Waals surface area contributed by atoms with Gasteiger partial charge >= 0.3 is 0 Å². The standard InChI is InChI=1S/C21H26ClN5O/c1-16-4-9-20(24-23-16)27-10-2-3-17(15-27)21(28)26-13-11-25(12-14-26)19-7-5-18(22)6-8-19/h4-9,17H,2-3,10-15H2,1H3. The van der Waals surface area contributed by atoms with Crippen LogP contribution in [-0.4, -0.2) is 60.3 Å². The Balaban J connectivity index is 1.34. The van der Waals surface area contributed by atoms with Crippen molar-refractivity contribution < 1.29 is 4.79 Å². The third-order valence-corrected chi connectivity index (χ3v) is 5.91. The van der Waals surface area contributed by atoms with Crippen LogP contribution in [0.5, 0.6) is 0 Å². The molecule has 2 aromatic rings. The van der Waals surface area contributed by atoms with Crippen molar-refractivity contribution in [3.05, 3.63) is 47.1 Å². The summed E-state index contributed by atoms with van der Waals surface area (Å²) in [4.78, 5) is 19.6. The summed E-state index contributed by atoms with van der Waals surface area (Å²) < 4.78 is 0. The highest BCUT2D eigenvalue weighted by atomic mass is 35.5. The van der Waals surface area contributed by atoms with E-state index in [1.807, 2.05) is 48.2 Å². The average molecular weight is 400 g/mol. The molecule has 2 aliphatic rings. The molecule has 2 saturated heterocycles. The number of carbonyl (C=O) groups excluding carboxylic acids is 1. The van der Waals surface area contributed by atoms with Gasteiger partial charge < -0.3 is 14.7 Å². The molecule has 2 fully saturated rings. The average Bonchev–Trinajstić information content (AvgIpc) is 2.74. The minimum Gasteiger partial charge on any atom is -0.368 e. The minimum atomic E-state index is 0.0407. The number of nitrogens with zero attached hydrogens (tertiary/aromatic N) is 5. The van der Waals surface area contributed by atoms with E-state index in [0.29, 0.717) is 0 Å². The van der Waals surface area contributed by atoms with Crippen molar-refractivity contribution in [3.8, 4) is 0 Å². The first-order valence-corrected chi connectivity index (χ1v) is 10.3. The zero-order valence-corrected chi connectivity index (χ0v) is 17.0. The van der Waals surface area contributed by atoms with Crippen molar-refractivity contribution in [2.75, 3.05) is 49.1 Å². The SMILES string of the molecule is Cc1ccc(N2CCCC(C(=O)N3CCN(c4ccc(Cl)cc4)CC3)C2)nn1. The number of aromatic nitrogens is 2. The molecule has 28 heavy (non-hydrogen) atoms. The van der Waals surface area contributed by atoms with Gasteiger partial charge in [0.1, 0.15) is 0 Å². The van der Waals surface area contributed by atoms with Gasteiger partial charge in [-0.1, -0.05) is 11.6 Å². The maximum atomic E-state index is 13.1. The second kappa shape index (κ2) is 8.35. The zero-order chi connectivity index (χ0) is 19.5. The van der Waals surface area contributed by atoms with Crippen LogP contribution in [0, 0.1) is 12.8 Å². The molecule has 2 aliphatic heterocycles. The Kier molecular flexibility index (Phi) is 5.67. The van der Waals surface area contributed by atoms with Gasteiger partial charge in [-0.15, -0.1) is 5.10 Å². The zero-order valence-electron chi connectivity index (χ0n) is 16.2. The van der Waals surface area contributed by atoms with Crippen molar-refractivity contribution in [3.63, 3.8) is 0 Å². The van der Waals surface area contributed by atoms with Crippen LogP contribution >= 0.6 is 11.6 Å². The molecule has 1 atom stereocenters. The lowest BCUT2D eigenvalue weighted by molar-refractivity contribution is -0.136. The molecule has 0 radical (unpaired) electrons. The highest BCUT2D eigenvalue weighted by Gasteiger charge is 2.31. The molecule has 1 unspecified atom stereocenters. The second-order valence-corrected chi connectivity index (χ2v) is 8.04. The number of carbonyl (C=O) groups is 1. The number of piperazine rings is 1. The number of hydrogen-bond donors (Lipinski definition) is 0. The van der Waals surface area contributed by atoms with Crippen molar-refractivity contribution in [2.45, 2.75) is 19.8 Å². The Labute approximate surface area is 171 Å². The highest BCUT2D eigenvalue weighted by Crippen LogP contribution is 2.24. The van der Waals surface area contributed by atoms with Crippen molar-refractivity contribution in [1.29, 1.82) is 0 Å². The third kappa shape index (κ3) is 4.22. The quantitative estimate of drug-likeness (QED) is 0.794. The van der Waals surface area contributed by atoms with E-state index in [0.717, 1.165) is 68.6 Å². The first-order valence-electron chi connectivity index (χ1n) is 9.95. The first-order chi connectivity index (χ1) is 13.6. The maximum Gasteiger partial charge on any atom is 0.227 e. The van der Waals surface area contributed by atoms with Crippen LogP contribution in [0.1, 0.15) is 18.5 Å². The van der Waals surface area contributed by atoms with E-state index in [-0.39, 0.29) is 11.8 Å². The molecular formula is C21H26ClN5O. The maximum absolute atomic E-state index is 13.1. The monoisotopic (exact) mass is 399 g/mol. The number of benzene rings is 1. The molecule has 1 amide bonds. The fraction of sp³-hybridized carbons (Fsp3) is 0.476. The Morgan fingerprint density at radius 1 is 0.964 bits per heavy atom. The Morgan fingerprint density at radius 3 is 2.39 bits per heavy atom. The highest BCUT2D eigenvalue weighted by molar-refractivity contribution is 6.30. The summed E-state index contributed by atoms with van der Waals surface area (Å²) in [5.74, 6) is 1.19. The van der Waals surface area contributed by atoms with E-state index in [4.69, 9.17) is 11.6 Å². The molecule has 7 heteroatoms. The molecular weight excluding hydrogens is 374 g/mol. The van der Waals surface area contributed by atoms with Crippen LogP contribution in [-0.2, 0) is 4.79 Å². The van der Waals surface area contributed by atoms with Crippen LogP contribution in [0.15, 0.2) is 36.4 Å². The summed E-state index contributed by atoms with van der Waals surface area (Å²) in [6.07, 6.45) is 1.96. The molecule has 0 spiro atoms. The van der Waals surface area contributed by atoms with Crippen molar-refractivity contribution in [2.24, 2.45) is 5.92 Å². The lowest BCUT2D eigenvalue weighted by atomic mass is 9.96. The number of aryl methyl sites for hydroxylation is 1. The first kappa shape index (κ1) is 19.0. The summed E-state index contributed by atoms with van der Waals surface area (Å²) in [6.45, 7) is 6.84. The topological polar surface area (TPSA) is 52.6 Å². The van der Waals surface area contributed by atoms with Gasteiger partial charge in [0.2, 0.25) is 5.91 Å². The fourth-order valence-corrected chi connectivity index (χ4v) is 4.17. The van der Waals surface area contributed by atoms with Gasteiger partial charge in [0.05, 0.1) is 11.6 Å². The molecule has 0 N–H and O–H groups in total. The fourth-order valence-electron chi connectivity index (χ4n) is 4.04. The molecule has 0 bridgehead atoms. The second-order valence-electron chi connectivity index (χ2n) is 7.61. The predicted molar refractivity (Wildman–Crippen MR) is 112 cm³/mol. The lowest BCUT2D eigenvalue weighted by Gasteiger charge is -2.40. The number of hydrogen-bond acceptors (Lipinski definition) is 5. The van der Waals surface area contributed by atoms with Gasteiger partial charge in [-0.25, -0.2) is 0 Å². The summed E-state index contributed by atoms with van der Waals surface area (Å²) in [5, 5.41) is 9.20. The molecule has 1 aromatic carbocycles. The summed E-state index contributed by atoms with van der Waals surface area (Å²) in [6, 6.07) is 11.9. The number of amides is 1. The van der Waals surface area contributed by atoms with Gasteiger partial charge in [0, 0.05) is 50.0 Å². The number of halogens is 1. The Hall–Kier alpha value is -2.34. The van der Waals surface area contributed by atoms with E-state index in [1.165, 1.54) is 5.69 Å². The van der Waals surface area contributed by atoms with Crippen LogP contribution in [0.2, 0.25) is 5.02 Å². The van der Waals surface area contributed by atoms with Gasteiger partial charge in [0.15, 0.2) is 5.82 Å². The Morgan fingerprint density at radius 2 is 1.71 bits per heavy atom. The Bertz CT molecular complexity index is 803. The number of rotatable bonds is 3. The summed E-state index contributed by atoms with van der Waals surface area (Å²) in [5.41, 5.74) is 2.07. The van der Waals surface area contributed by atoms with Crippen molar-refractivity contribution in [1.82, 2.24) is 15.1 Å². The largest absolute Gasteiger partial charge is 0.368 e. The molecule has 3 heterocycles. The van der Waals surface area contributed by atoms with E-state index in [9.17, 15) is 4.79 Å². The normalized spacial score (nSPS) is 20.4. The van der Waals surface area contributed by atoms with Crippen LogP contribution < -0.4 is 9.80 Å². The smallest absolute Gasteiger partial charge is 0.227 e. The van der Waals surface area contributed by atoms with E-state index >= 15 is 0 Å². The number of piperidine rings is 1. The predicted octanol–water partition coefficient (Wildman–Crippen LogP) is 3.00. The van der Waals surface area contributed by atoms with E-state index < -0.39 is 0 Å². The van der Waals surface area contributed by atoms with Crippen molar-refractivity contribution >= 4 is 29.0 Å². The van der Waals surface area contributed by atoms with Gasteiger partial charge in [-0.2, -0.15) is 5.10 Å². The van der Waals surface area contributed by atoms with Gasteiger partial charge in [-0.3, -0.25) is 4.79 Å². The lowest BCUT2D eigenvalue weighted by Crippen LogP contribution is -2.52. The molecule has 0 aliphatic carbocycles. The third-order valence-electron chi connectivity index (χ3n) is 5.66. The molecule has 4 rings (SSSR count). The molecule has 6 nitrogen and oxygen atoms in total. The van der Waals surface area contributed by atoms with Crippen LogP contribution in [0.3, 0.4) is 0 Å². The van der Waals surface area contributed by atoms with Gasteiger partial charge in [0.25, 0.3) is 0 Å². The molecule has 1 aromatic heterocycles. The van der Waals surface area contributed by atoms with E-state index in [2.05, 4.69) is 20.0 Å². The van der Waals surface area contributed by atoms with Crippen LogP contribution in [0.25, 0.3) is 0 Å². The molecule has 0 saturated carbocycles. The van der Waals surface area contributed by atoms with E-state index in [1.54, 1.807) is 0 Å². The summed E-state index contributed by atoms with van der Waals surface area (Å²) >= 11 is 5.98. The minimum absolute atomic E-state index is 0.0407. The number of anilines is 2. The summed E-state index contributed by atoms with van der Waals surface area (Å²) in [7, 11) is 0.